The second-order valence-electron chi connectivity index (χ2n) is 4.08. The van der Waals surface area contributed by atoms with Crippen LogP contribution in [0.4, 0.5) is 0 Å². The molecule has 0 aromatic heterocycles. The van der Waals surface area contributed by atoms with E-state index in [-0.39, 0.29) is 0 Å². The third kappa shape index (κ3) is 1.38. The van der Waals surface area contributed by atoms with E-state index >= 15 is 0 Å². The Bertz CT molecular complexity index is 183. The molecule has 2 nitrogen and oxygen atoms in total. The van der Waals surface area contributed by atoms with Gasteiger partial charge in [0.15, 0.2) is 0 Å². The average Bonchev–Trinajstić information content (AvgIpc) is 2.69. The molecule has 68 valence electrons. The van der Waals surface area contributed by atoms with E-state index in [1.807, 2.05) is 0 Å². The fourth-order valence-electron chi connectivity index (χ4n) is 2.30. The highest BCUT2D eigenvalue weighted by Crippen LogP contribution is 2.37. The number of ether oxygens (including phenoxy) is 1. The summed E-state index contributed by atoms with van der Waals surface area (Å²) >= 11 is 2.17. The van der Waals surface area contributed by atoms with E-state index in [9.17, 15) is 0 Å². The Kier molecular flexibility index (Phi) is 1.85. The predicted octanol–water partition coefficient (Wildman–Crippen LogP) is 0.965. The van der Waals surface area contributed by atoms with Crippen LogP contribution in [0.5, 0.6) is 0 Å². The number of hydrogen-bond acceptors (Lipinski definition) is 3. The second-order valence-corrected chi connectivity index (χ2v) is 5.42. The Morgan fingerprint density at radius 3 is 3.00 bits per heavy atom. The first-order valence-electron chi connectivity index (χ1n) is 4.89. The molecule has 3 rings (SSSR count). The van der Waals surface area contributed by atoms with Crippen molar-refractivity contribution in [2.75, 3.05) is 25.4 Å². The van der Waals surface area contributed by atoms with E-state index in [1.165, 1.54) is 31.7 Å². The summed E-state index contributed by atoms with van der Waals surface area (Å²) in [5.41, 5.74) is 0. The molecule has 3 saturated heterocycles. The number of likely N-dealkylation sites (tertiary alicyclic amines) is 1. The zero-order chi connectivity index (χ0) is 7.97. The van der Waals surface area contributed by atoms with Crippen LogP contribution in [0.15, 0.2) is 0 Å². The van der Waals surface area contributed by atoms with Gasteiger partial charge in [-0.25, -0.2) is 0 Å². The van der Waals surface area contributed by atoms with E-state index in [0.29, 0.717) is 6.10 Å². The summed E-state index contributed by atoms with van der Waals surface area (Å²) in [6, 6.07) is 0.916. The van der Waals surface area contributed by atoms with Crippen LogP contribution in [0.3, 0.4) is 0 Å². The second kappa shape index (κ2) is 2.89. The highest BCUT2D eigenvalue weighted by Gasteiger charge is 2.38. The molecule has 3 fully saturated rings. The molecular weight excluding hydrogens is 170 g/mol. The van der Waals surface area contributed by atoms with Crippen molar-refractivity contribution in [3.8, 4) is 0 Å². The summed E-state index contributed by atoms with van der Waals surface area (Å²) in [7, 11) is 0. The van der Waals surface area contributed by atoms with Crippen LogP contribution in [0, 0.1) is 0 Å². The van der Waals surface area contributed by atoms with Gasteiger partial charge in [0.2, 0.25) is 0 Å². The number of thioether (sulfide) groups is 1. The molecule has 3 atom stereocenters. The summed E-state index contributed by atoms with van der Waals surface area (Å²) in [6.45, 7) is 3.66. The summed E-state index contributed by atoms with van der Waals surface area (Å²) in [6.07, 6.45) is 3.35. The Labute approximate surface area is 77.6 Å². The van der Waals surface area contributed by atoms with Gasteiger partial charge in [-0.3, -0.25) is 4.90 Å². The maximum absolute atomic E-state index is 5.22. The number of rotatable bonds is 3. The lowest BCUT2D eigenvalue weighted by molar-refractivity contribution is 0.252. The molecule has 3 aliphatic heterocycles. The number of epoxide rings is 1. The fourth-order valence-corrected chi connectivity index (χ4v) is 3.79. The van der Waals surface area contributed by atoms with Gasteiger partial charge in [-0.2, -0.15) is 11.8 Å². The van der Waals surface area contributed by atoms with Crippen LogP contribution in [-0.4, -0.2) is 47.7 Å². The zero-order valence-electron chi connectivity index (χ0n) is 7.24. The van der Waals surface area contributed by atoms with Gasteiger partial charge in [-0.1, -0.05) is 0 Å². The van der Waals surface area contributed by atoms with Crippen LogP contribution in [0.25, 0.3) is 0 Å². The van der Waals surface area contributed by atoms with Gasteiger partial charge in [0.25, 0.3) is 0 Å². The number of nitrogens with zero attached hydrogens (tertiary/aromatic N) is 1. The van der Waals surface area contributed by atoms with Crippen molar-refractivity contribution >= 4 is 11.8 Å². The third-order valence-electron chi connectivity index (χ3n) is 3.15. The monoisotopic (exact) mass is 185 g/mol. The molecule has 0 spiro atoms. The minimum absolute atomic E-state index is 0.622. The molecule has 2 bridgehead atoms. The smallest absolute Gasteiger partial charge is 0.0822 e. The molecule has 0 radical (unpaired) electrons. The SMILES string of the molecule is C(CN1CC2CC1CS2)C1CO1. The first-order chi connectivity index (χ1) is 5.92. The lowest BCUT2D eigenvalue weighted by atomic mass is 10.2. The van der Waals surface area contributed by atoms with Crippen LogP contribution in [0.2, 0.25) is 0 Å². The van der Waals surface area contributed by atoms with Crippen LogP contribution < -0.4 is 0 Å². The predicted molar refractivity (Wildman–Crippen MR) is 50.6 cm³/mol. The summed E-state index contributed by atoms with van der Waals surface area (Å²) in [5.74, 6) is 1.39. The molecule has 0 amide bonds. The lowest BCUT2D eigenvalue weighted by Crippen LogP contribution is -2.35. The maximum Gasteiger partial charge on any atom is 0.0822 e. The van der Waals surface area contributed by atoms with Crippen molar-refractivity contribution < 1.29 is 4.74 Å². The van der Waals surface area contributed by atoms with Gasteiger partial charge < -0.3 is 4.74 Å². The van der Waals surface area contributed by atoms with E-state index < -0.39 is 0 Å². The molecule has 0 N–H and O–H groups in total. The van der Waals surface area contributed by atoms with Crippen molar-refractivity contribution in [1.29, 1.82) is 0 Å². The maximum atomic E-state index is 5.22. The van der Waals surface area contributed by atoms with Gasteiger partial charge in [-0.15, -0.1) is 0 Å². The highest BCUT2D eigenvalue weighted by molar-refractivity contribution is 8.00. The zero-order valence-corrected chi connectivity index (χ0v) is 8.05. The molecule has 0 aromatic carbocycles. The van der Waals surface area contributed by atoms with Crippen LogP contribution in [-0.2, 0) is 4.74 Å². The van der Waals surface area contributed by atoms with Gasteiger partial charge in [0.05, 0.1) is 12.7 Å². The Balaban J connectivity index is 1.50. The lowest BCUT2D eigenvalue weighted by Gasteiger charge is -2.25. The Morgan fingerprint density at radius 2 is 2.42 bits per heavy atom. The first-order valence-corrected chi connectivity index (χ1v) is 5.94. The van der Waals surface area contributed by atoms with E-state index in [0.717, 1.165) is 17.9 Å². The normalized spacial score (nSPS) is 45.5. The third-order valence-corrected chi connectivity index (χ3v) is 4.54. The van der Waals surface area contributed by atoms with Gasteiger partial charge >= 0.3 is 0 Å². The number of fused-ring (bicyclic) bond motifs is 2. The summed E-state index contributed by atoms with van der Waals surface area (Å²) in [4.78, 5) is 2.67. The highest BCUT2D eigenvalue weighted by atomic mass is 32.2. The van der Waals surface area contributed by atoms with Crippen molar-refractivity contribution in [3.63, 3.8) is 0 Å². The van der Waals surface area contributed by atoms with Gasteiger partial charge in [-0.05, 0) is 12.8 Å². The average molecular weight is 185 g/mol. The number of hydrogen-bond donors (Lipinski definition) is 0. The molecule has 3 aliphatic rings. The quantitative estimate of drug-likeness (QED) is 0.609. The van der Waals surface area contributed by atoms with E-state index in [4.69, 9.17) is 4.74 Å². The molecule has 0 aromatic rings. The minimum atomic E-state index is 0.622. The van der Waals surface area contributed by atoms with Crippen molar-refractivity contribution in [2.24, 2.45) is 0 Å². The van der Waals surface area contributed by atoms with Crippen LogP contribution in [0.1, 0.15) is 12.8 Å². The van der Waals surface area contributed by atoms with Crippen molar-refractivity contribution in [1.82, 2.24) is 4.90 Å². The standard InChI is InChI=1S/C9H15NOS/c1(8-5-11-8)2-10-4-9-3-7(10)6-12-9/h7-9H,1-6H2. The largest absolute Gasteiger partial charge is 0.373 e. The van der Waals surface area contributed by atoms with E-state index in [2.05, 4.69) is 16.7 Å². The summed E-state index contributed by atoms with van der Waals surface area (Å²) in [5, 5.41) is 0.968. The van der Waals surface area contributed by atoms with E-state index in [1.54, 1.807) is 0 Å². The first kappa shape index (κ1) is 7.65. The molecule has 0 aliphatic carbocycles. The molecule has 3 heteroatoms. The van der Waals surface area contributed by atoms with Crippen molar-refractivity contribution in [2.45, 2.75) is 30.2 Å². The van der Waals surface area contributed by atoms with Gasteiger partial charge in [0.1, 0.15) is 0 Å². The Morgan fingerprint density at radius 1 is 1.50 bits per heavy atom. The van der Waals surface area contributed by atoms with Crippen LogP contribution >= 0.6 is 11.8 Å². The molecule has 0 saturated carbocycles. The fraction of sp³-hybridized carbons (Fsp3) is 1.00. The minimum Gasteiger partial charge on any atom is -0.373 e. The Hall–Kier alpha value is 0.270. The molecule has 3 heterocycles. The summed E-state index contributed by atoms with van der Waals surface area (Å²) < 4.78 is 5.22. The topological polar surface area (TPSA) is 15.8 Å². The molecule has 12 heavy (non-hydrogen) atoms. The molecular formula is C9H15NOS. The van der Waals surface area contributed by atoms with Crippen molar-refractivity contribution in [3.05, 3.63) is 0 Å². The molecule has 3 unspecified atom stereocenters. The van der Waals surface area contributed by atoms with Gasteiger partial charge in [0, 0.05) is 30.1 Å².